The Bertz CT molecular complexity index is 1260. The van der Waals surface area contributed by atoms with Gasteiger partial charge < -0.3 is 19.5 Å². The third-order valence-electron chi connectivity index (χ3n) is 7.29. The number of amides is 2. The first kappa shape index (κ1) is 24.8. The Balaban J connectivity index is 1.54. The van der Waals surface area contributed by atoms with Crippen molar-refractivity contribution < 1.29 is 23.5 Å². The minimum absolute atomic E-state index is 0.0569. The summed E-state index contributed by atoms with van der Waals surface area (Å²) >= 11 is 1.75. The van der Waals surface area contributed by atoms with Crippen LogP contribution < -0.4 is 10.7 Å². The monoisotopic (exact) mass is 518 g/mol. The van der Waals surface area contributed by atoms with E-state index in [4.69, 9.17) is 0 Å². The van der Waals surface area contributed by atoms with Crippen LogP contribution in [0.4, 0.5) is 8.78 Å². The Labute approximate surface area is 211 Å². The minimum Gasteiger partial charge on any atom is -0.503 e. The van der Waals surface area contributed by atoms with Crippen molar-refractivity contribution >= 4 is 23.6 Å². The van der Waals surface area contributed by atoms with Crippen LogP contribution in [0.25, 0.3) is 0 Å². The number of halogens is 2. The van der Waals surface area contributed by atoms with Crippen LogP contribution >= 0.6 is 11.8 Å². The van der Waals surface area contributed by atoms with E-state index in [2.05, 4.69) is 5.32 Å². The summed E-state index contributed by atoms with van der Waals surface area (Å²) in [6.45, 7) is 2.77. The molecule has 3 aliphatic heterocycles. The number of hydrogen-bond acceptors (Lipinski definition) is 6. The van der Waals surface area contributed by atoms with Crippen molar-refractivity contribution in [3.63, 3.8) is 0 Å². The van der Waals surface area contributed by atoms with Gasteiger partial charge in [0.25, 0.3) is 11.8 Å². The Morgan fingerprint density at radius 1 is 1.22 bits per heavy atom. The molecule has 2 atom stereocenters. The fraction of sp³-hybridized carbons (Fsp3) is 0.480. The van der Waals surface area contributed by atoms with Gasteiger partial charge in [-0.1, -0.05) is 6.07 Å². The van der Waals surface area contributed by atoms with Gasteiger partial charge >= 0.3 is 0 Å². The largest absolute Gasteiger partial charge is 0.503 e. The highest BCUT2D eigenvalue weighted by Crippen LogP contribution is 2.29. The molecule has 0 radical (unpaired) electrons. The van der Waals surface area contributed by atoms with E-state index in [9.17, 15) is 28.3 Å². The van der Waals surface area contributed by atoms with Crippen LogP contribution in [0.15, 0.2) is 29.2 Å². The van der Waals surface area contributed by atoms with Crippen molar-refractivity contribution in [2.75, 3.05) is 18.1 Å². The molecule has 0 spiro atoms. The normalized spacial score (nSPS) is 22.2. The average Bonchev–Trinajstić information content (AvgIpc) is 2.86. The summed E-state index contributed by atoms with van der Waals surface area (Å²) < 4.78 is 29.4. The lowest BCUT2D eigenvalue weighted by atomic mass is 10.0. The zero-order valence-corrected chi connectivity index (χ0v) is 20.7. The van der Waals surface area contributed by atoms with Gasteiger partial charge in [-0.2, -0.15) is 11.8 Å². The number of benzene rings is 1. The lowest BCUT2D eigenvalue weighted by molar-refractivity contribution is 0.0301. The molecule has 0 aliphatic carbocycles. The molecule has 192 valence electrons. The highest BCUT2D eigenvalue weighted by Gasteiger charge is 2.40. The van der Waals surface area contributed by atoms with Gasteiger partial charge in [-0.3, -0.25) is 19.7 Å². The first-order valence-electron chi connectivity index (χ1n) is 12.1. The van der Waals surface area contributed by atoms with Gasteiger partial charge in [-0.05, 0) is 50.3 Å². The molecule has 3 aliphatic rings. The number of hydrogen-bond donors (Lipinski definition) is 2. The summed E-state index contributed by atoms with van der Waals surface area (Å²) in [6, 6.07) is 2.89. The smallest absolute Gasteiger partial charge is 0.276 e. The molecule has 2 amide bonds. The molecule has 36 heavy (non-hydrogen) atoms. The van der Waals surface area contributed by atoms with E-state index in [0.29, 0.717) is 12.8 Å². The average molecular weight is 519 g/mol. The van der Waals surface area contributed by atoms with E-state index in [1.54, 1.807) is 16.7 Å². The van der Waals surface area contributed by atoms with Crippen LogP contribution in [0, 0.1) is 11.6 Å². The van der Waals surface area contributed by atoms with Crippen LogP contribution in [0.5, 0.6) is 5.75 Å². The molecule has 0 unspecified atom stereocenters. The predicted molar refractivity (Wildman–Crippen MR) is 131 cm³/mol. The van der Waals surface area contributed by atoms with Gasteiger partial charge in [0.1, 0.15) is 23.4 Å². The molecule has 5 rings (SSSR count). The molecule has 4 heterocycles. The van der Waals surface area contributed by atoms with Crippen molar-refractivity contribution in [2.24, 2.45) is 0 Å². The standard InChI is InChI=1S/C25H28F2N4O4S/c1-14-4-7-28-20-13-29-12-18(22(32)23(33)21(29)25(35)31(14)20)24(34)30(17-5-8-36-9-6-17)11-15-2-3-16(26)10-19(15)27/h2-3,10,12,14,17,20,28,33H,4-9,11,13H2,1H3/t14-,20-/m0/s1. The maximum absolute atomic E-state index is 14.5. The summed E-state index contributed by atoms with van der Waals surface area (Å²) in [6.07, 6.45) is 3.09. The molecule has 1 aromatic carbocycles. The molecule has 2 saturated heterocycles. The van der Waals surface area contributed by atoms with E-state index in [-0.39, 0.29) is 48.2 Å². The maximum Gasteiger partial charge on any atom is 0.276 e. The lowest BCUT2D eigenvalue weighted by Crippen LogP contribution is -2.62. The number of nitrogens with one attached hydrogen (secondary N) is 1. The highest BCUT2D eigenvalue weighted by atomic mass is 32.2. The quantitative estimate of drug-likeness (QED) is 0.646. The molecule has 2 fully saturated rings. The van der Waals surface area contributed by atoms with Gasteiger partial charge in [0.05, 0.1) is 6.54 Å². The minimum atomic E-state index is -0.926. The summed E-state index contributed by atoms with van der Waals surface area (Å²) in [5.41, 5.74) is -1.20. The molecule has 8 nitrogen and oxygen atoms in total. The number of nitrogens with zero attached hydrogens (tertiary/aromatic N) is 3. The third kappa shape index (κ3) is 4.39. The summed E-state index contributed by atoms with van der Waals surface area (Å²) in [4.78, 5) is 43.3. The number of carbonyl (C=O) groups is 2. The number of thioether (sulfide) groups is 1. The van der Waals surface area contributed by atoms with Gasteiger partial charge in [0, 0.05) is 36.5 Å². The Morgan fingerprint density at radius 2 is 1.97 bits per heavy atom. The number of aromatic hydroxyl groups is 1. The maximum atomic E-state index is 14.5. The van der Waals surface area contributed by atoms with Crippen LogP contribution in [0.3, 0.4) is 0 Å². The molecule has 0 bridgehead atoms. The van der Waals surface area contributed by atoms with Crippen molar-refractivity contribution in [1.29, 1.82) is 0 Å². The van der Waals surface area contributed by atoms with Crippen molar-refractivity contribution in [2.45, 2.75) is 57.5 Å². The summed E-state index contributed by atoms with van der Waals surface area (Å²) in [5.74, 6) is -1.74. The molecule has 0 saturated carbocycles. The number of rotatable bonds is 4. The van der Waals surface area contributed by atoms with Gasteiger partial charge in [-0.15, -0.1) is 0 Å². The van der Waals surface area contributed by atoms with E-state index in [0.717, 1.165) is 36.6 Å². The molecular formula is C25H28F2N4O4S. The molecule has 11 heteroatoms. The van der Waals surface area contributed by atoms with Crippen LogP contribution in [0.2, 0.25) is 0 Å². The second-order valence-corrected chi connectivity index (χ2v) is 10.8. The Morgan fingerprint density at radius 3 is 2.69 bits per heavy atom. The van der Waals surface area contributed by atoms with E-state index < -0.39 is 34.6 Å². The first-order chi connectivity index (χ1) is 17.3. The number of carbonyl (C=O) groups excluding carboxylic acids is 2. The SMILES string of the molecule is C[C@H]1CCN[C@@H]2Cn3cc(C(=O)N(Cc4ccc(F)cc4F)C4CCSCC4)c(=O)c(O)c3C(=O)N12. The summed E-state index contributed by atoms with van der Waals surface area (Å²) in [5, 5.41) is 14.1. The van der Waals surface area contributed by atoms with Crippen molar-refractivity contribution in [1.82, 2.24) is 19.7 Å². The van der Waals surface area contributed by atoms with Crippen LogP contribution in [-0.4, -0.2) is 67.6 Å². The van der Waals surface area contributed by atoms with Crippen LogP contribution in [0.1, 0.15) is 52.6 Å². The first-order valence-corrected chi connectivity index (χ1v) is 13.3. The Kier molecular flexibility index (Phi) is 6.78. The fourth-order valence-electron chi connectivity index (χ4n) is 5.33. The molecule has 2 aromatic rings. The second kappa shape index (κ2) is 9.85. The fourth-order valence-corrected chi connectivity index (χ4v) is 6.41. The van der Waals surface area contributed by atoms with E-state index >= 15 is 0 Å². The Hall–Kier alpha value is -2.92. The van der Waals surface area contributed by atoms with Crippen LogP contribution in [-0.2, 0) is 13.1 Å². The predicted octanol–water partition coefficient (Wildman–Crippen LogP) is 2.53. The number of fused-ring (bicyclic) bond motifs is 2. The summed E-state index contributed by atoms with van der Waals surface area (Å²) in [7, 11) is 0. The zero-order chi connectivity index (χ0) is 25.6. The highest BCUT2D eigenvalue weighted by molar-refractivity contribution is 7.99. The zero-order valence-electron chi connectivity index (χ0n) is 19.9. The van der Waals surface area contributed by atoms with Gasteiger partial charge in [0.2, 0.25) is 5.43 Å². The lowest BCUT2D eigenvalue weighted by Gasteiger charge is -2.45. The van der Waals surface area contributed by atoms with Crippen molar-refractivity contribution in [3.05, 3.63) is 63.1 Å². The molecular weight excluding hydrogens is 490 g/mol. The van der Waals surface area contributed by atoms with Gasteiger partial charge in [-0.25, -0.2) is 8.78 Å². The number of pyridine rings is 1. The van der Waals surface area contributed by atoms with E-state index in [1.165, 1.54) is 21.7 Å². The molecule has 1 aromatic heterocycles. The van der Waals surface area contributed by atoms with E-state index in [1.807, 2.05) is 6.92 Å². The topological polar surface area (TPSA) is 94.9 Å². The number of aromatic nitrogens is 1. The third-order valence-corrected chi connectivity index (χ3v) is 8.34. The second-order valence-electron chi connectivity index (χ2n) is 9.55. The molecule has 2 N–H and O–H groups in total. The van der Waals surface area contributed by atoms with Crippen molar-refractivity contribution in [3.8, 4) is 5.75 Å². The van der Waals surface area contributed by atoms with Gasteiger partial charge in [0.15, 0.2) is 11.4 Å².